The third-order valence-corrected chi connectivity index (χ3v) is 2.00. The number of nitrogens with two attached hydrogens (primary N) is 1. The normalized spacial score (nSPS) is 9.81. The molecule has 1 rings (SSSR count). The predicted molar refractivity (Wildman–Crippen MR) is 65.5 cm³/mol. The number of unbranched alkanes of at least 4 members (excludes halogenated alkanes) is 1. The zero-order valence-electron chi connectivity index (χ0n) is 9.57. The van der Waals surface area contributed by atoms with E-state index in [0.717, 1.165) is 12.8 Å². The van der Waals surface area contributed by atoms with Gasteiger partial charge >= 0.3 is 0 Å². The van der Waals surface area contributed by atoms with E-state index in [1.165, 1.54) is 6.33 Å². The molecule has 0 aliphatic carbocycles. The van der Waals surface area contributed by atoms with Crippen LogP contribution in [-0.4, -0.2) is 23.1 Å². The highest BCUT2D eigenvalue weighted by atomic mass is 16.5. The molecule has 88 valence electrons. The van der Waals surface area contributed by atoms with Gasteiger partial charge in [0.15, 0.2) is 5.82 Å². The molecule has 0 unspecified atom stereocenters. The first-order valence-electron chi connectivity index (χ1n) is 5.37. The van der Waals surface area contributed by atoms with Crippen LogP contribution < -0.4 is 15.8 Å². The smallest absolute Gasteiger partial charge is 0.242 e. The fourth-order valence-electron chi connectivity index (χ4n) is 1.12. The highest BCUT2D eigenvalue weighted by Gasteiger charge is 2.07. The minimum atomic E-state index is 0.440. The SMILES string of the molecule is C=CCNc1ncnc(OCCCC)c1N. The second-order valence-electron chi connectivity index (χ2n) is 3.31. The van der Waals surface area contributed by atoms with Crippen LogP contribution in [0.15, 0.2) is 19.0 Å². The van der Waals surface area contributed by atoms with Gasteiger partial charge in [0, 0.05) is 6.54 Å². The van der Waals surface area contributed by atoms with Gasteiger partial charge in [-0.05, 0) is 6.42 Å². The number of nitrogen functional groups attached to an aromatic ring is 1. The van der Waals surface area contributed by atoms with E-state index in [4.69, 9.17) is 10.5 Å². The maximum Gasteiger partial charge on any atom is 0.242 e. The molecular weight excluding hydrogens is 204 g/mol. The lowest BCUT2D eigenvalue weighted by atomic mass is 10.4. The summed E-state index contributed by atoms with van der Waals surface area (Å²) in [6.07, 6.45) is 5.23. The number of ether oxygens (including phenoxy) is 1. The molecular formula is C11H18N4O. The molecule has 0 aliphatic heterocycles. The quantitative estimate of drug-likeness (QED) is 0.544. The van der Waals surface area contributed by atoms with Crippen molar-refractivity contribution < 1.29 is 4.74 Å². The first-order chi connectivity index (χ1) is 7.79. The lowest BCUT2D eigenvalue weighted by Gasteiger charge is -2.10. The molecule has 1 aromatic rings. The zero-order chi connectivity index (χ0) is 11.8. The van der Waals surface area contributed by atoms with Gasteiger partial charge in [0.25, 0.3) is 0 Å². The highest BCUT2D eigenvalue weighted by molar-refractivity contribution is 5.66. The Morgan fingerprint density at radius 2 is 2.38 bits per heavy atom. The molecule has 0 aliphatic rings. The van der Waals surface area contributed by atoms with Crippen molar-refractivity contribution in [2.24, 2.45) is 0 Å². The zero-order valence-corrected chi connectivity index (χ0v) is 9.57. The van der Waals surface area contributed by atoms with Gasteiger partial charge < -0.3 is 15.8 Å². The maximum atomic E-state index is 5.86. The molecule has 0 spiro atoms. The van der Waals surface area contributed by atoms with Crippen LogP contribution in [0.25, 0.3) is 0 Å². The number of nitrogens with zero attached hydrogens (tertiary/aromatic N) is 2. The van der Waals surface area contributed by atoms with Crippen molar-refractivity contribution in [1.82, 2.24) is 9.97 Å². The number of hydrogen-bond acceptors (Lipinski definition) is 5. The van der Waals surface area contributed by atoms with E-state index in [2.05, 4.69) is 28.8 Å². The fourth-order valence-corrected chi connectivity index (χ4v) is 1.12. The molecule has 1 aromatic heterocycles. The van der Waals surface area contributed by atoms with Gasteiger partial charge in [0.2, 0.25) is 5.88 Å². The molecule has 0 fully saturated rings. The van der Waals surface area contributed by atoms with Crippen LogP contribution in [0.4, 0.5) is 11.5 Å². The highest BCUT2D eigenvalue weighted by Crippen LogP contribution is 2.24. The van der Waals surface area contributed by atoms with E-state index in [0.29, 0.717) is 30.5 Å². The second-order valence-corrected chi connectivity index (χ2v) is 3.31. The van der Waals surface area contributed by atoms with Crippen LogP contribution in [0.1, 0.15) is 19.8 Å². The molecule has 0 bridgehead atoms. The Morgan fingerprint density at radius 1 is 1.56 bits per heavy atom. The van der Waals surface area contributed by atoms with Crippen molar-refractivity contribution >= 4 is 11.5 Å². The Kier molecular flexibility index (Phi) is 5.11. The number of nitrogens with one attached hydrogen (secondary N) is 1. The van der Waals surface area contributed by atoms with Gasteiger partial charge in [0.1, 0.15) is 12.0 Å². The molecule has 3 N–H and O–H groups in total. The average Bonchev–Trinajstić information content (AvgIpc) is 2.30. The van der Waals surface area contributed by atoms with Gasteiger partial charge in [-0.2, -0.15) is 4.98 Å². The number of anilines is 2. The lowest BCUT2D eigenvalue weighted by Crippen LogP contribution is -2.08. The summed E-state index contributed by atoms with van der Waals surface area (Å²) in [5.74, 6) is 1.02. The van der Waals surface area contributed by atoms with Gasteiger partial charge in [-0.15, -0.1) is 6.58 Å². The summed E-state index contributed by atoms with van der Waals surface area (Å²) in [6, 6.07) is 0. The summed E-state index contributed by atoms with van der Waals surface area (Å²) >= 11 is 0. The number of hydrogen-bond donors (Lipinski definition) is 2. The van der Waals surface area contributed by atoms with Crippen LogP contribution in [0.3, 0.4) is 0 Å². The topological polar surface area (TPSA) is 73.1 Å². The fraction of sp³-hybridized carbons (Fsp3) is 0.455. The Morgan fingerprint density at radius 3 is 3.06 bits per heavy atom. The summed E-state index contributed by atoms with van der Waals surface area (Å²) in [5.41, 5.74) is 6.30. The largest absolute Gasteiger partial charge is 0.476 e. The van der Waals surface area contributed by atoms with Gasteiger partial charge in [-0.3, -0.25) is 0 Å². The standard InChI is InChI=1S/C11H18N4O/c1-3-5-7-16-11-9(12)10(13-6-4-2)14-8-15-11/h4,8H,2-3,5-7,12H2,1H3,(H,13,14,15). The Bertz CT molecular complexity index is 341. The van der Waals surface area contributed by atoms with E-state index in [1.54, 1.807) is 6.08 Å². The summed E-state index contributed by atoms with van der Waals surface area (Å²) in [6.45, 7) is 6.94. The molecule has 0 aromatic carbocycles. The molecule has 1 heterocycles. The van der Waals surface area contributed by atoms with Crippen molar-refractivity contribution in [3.63, 3.8) is 0 Å². The Labute approximate surface area is 95.7 Å². The van der Waals surface area contributed by atoms with Crippen LogP contribution >= 0.6 is 0 Å². The minimum Gasteiger partial charge on any atom is -0.476 e. The lowest BCUT2D eigenvalue weighted by molar-refractivity contribution is 0.299. The average molecular weight is 222 g/mol. The number of aromatic nitrogens is 2. The summed E-state index contributed by atoms with van der Waals surface area (Å²) in [7, 11) is 0. The van der Waals surface area contributed by atoms with Crippen molar-refractivity contribution in [1.29, 1.82) is 0 Å². The van der Waals surface area contributed by atoms with Crippen molar-refractivity contribution in [2.75, 3.05) is 24.2 Å². The minimum absolute atomic E-state index is 0.440. The molecule has 0 atom stereocenters. The van der Waals surface area contributed by atoms with E-state index in [1.807, 2.05) is 0 Å². The summed E-state index contributed by atoms with van der Waals surface area (Å²) in [5, 5.41) is 3.02. The van der Waals surface area contributed by atoms with Crippen LogP contribution in [-0.2, 0) is 0 Å². The Balaban J connectivity index is 2.66. The third-order valence-electron chi connectivity index (χ3n) is 2.00. The van der Waals surface area contributed by atoms with Gasteiger partial charge in [-0.25, -0.2) is 4.98 Å². The molecule has 16 heavy (non-hydrogen) atoms. The molecule has 0 saturated carbocycles. The summed E-state index contributed by atoms with van der Waals surface area (Å²) < 4.78 is 5.46. The second kappa shape index (κ2) is 6.66. The first kappa shape index (κ1) is 12.3. The van der Waals surface area contributed by atoms with Crippen LogP contribution in [0, 0.1) is 0 Å². The Hall–Kier alpha value is -1.78. The van der Waals surface area contributed by atoms with Gasteiger partial charge in [0.05, 0.1) is 6.61 Å². The van der Waals surface area contributed by atoms with Crippen LogP contribution in [0.2, 0.25) is 0 Å². The van der Waals surface area contributed by atoms with E-state index >= 15 is 0 Å². The first-order valence-corrected chi connectivity index (χ1v) is 5.37. The number of rotatable bonds is 7. The molecule has 0 radical (unpaired) electrons. The van der Waals surface area contributed by atoms with E-state index in [9.17, 15) is 0 Å². The predicted octanol–water partition coefficient (Wildman–Crippen LogP) is 1.84. The molecule has 0 saturated heterocycles. The maximum absolute atomic E-state index is 5.86. The molecule has 5 heteroatoms. The third kappa shape index (κ3) is 3.42. The summed E-state index contributed by atoms with van der Waals surface area (Å²) in [4.78, 5) is 8.02. The van der Waals surface area contributed by atoms with Crippen LogP contribution in [0.5, 0.6) is 5.88 Å². The van der Waals surface area contributed by atoms with Crippen molar-refractivity contribution in [2.45, 2.75) is 19.8 Å². The van der Waals surface area contributed by atoms with Crippen molar-refractivity contribution in [3.8, 4) is 5.88 Å². The van der Waals surface area contributed by atoms with E-state index in [-0.39, 0.29) is 0 Å². The molecule has 0 amide bonds. The monoisotopic (exact) mass is 222 g/mol. The molecule has 5 nitrogen and oxygen atoms in total. The van der Waals surface area contributed by atoms with Crippen molar-refractivity contribution in [3.05, 3.63) is 19.0 Å². The van der Waals surface area contributed by atoms with E-state index < -0.39 is 0 Å². The van der Waals surface area contributed by atoms with Gasteiger partial charge in [-0.1, -0.05) is 19.4 Å².